The average molecular weight is 296 g/mol. The zero-order valence-electron chi connectivity index (χ0n) is 12.4. The van der Waals surface area contributed by atoms with Gasteiger partial charge in [0.25, 0.3) is 0 Å². The van der Waals surface area contributed by atoms with Gasteiger partial charge in [0.05, 0.1) is 11.5 Å². The molecule has 3 rings (SSSR count). The van der Waals surface area contributed by atoms with E-state index in [2.05, 4.69) is 0 Å². The van der Waals surface area contributed by atoms with Crippen molar-refractivity contribution in [1.82, 2.24) is 0 Å². The van der Waals surface area contributed by atoms with Crippen LogP contribution in [0.15, 0.2) is 51.7 Å². The first-order valence-corrected chi connectivity index (χ1v) is 7.00. The molecule has 0 radical (unpaired) electrons. The number of benzene rings is 2. The van der Waals surface area contributed by atoms with Crippen molar-refractivity contribution >= 4 is 11.0 Å². The molecule has 22 heavy (non-hydrogen) atoms. The molecule has 0 aliphatic heterocycles. The predicted octanol–water partition coefficient (Wildman–Crippen LogP) is 3.69. The summed E-state index contributed by atoms with van der Waals surface area (Å²) in [5, 5.41) is 10.3. The van der Waals surface area contributed by atoms with Crippen LogP contribution in [0.1, 0.15) is 16.7 Å². The highest BCUT2D eigenvalue weighted by Crippen LogP contribution is 2.31. The van der Waals surface area contributed by atoms with E-state index in [1.807, 2.05) is 31.2 Å². The Morgan fingerprint density at radius 2 is 1.91 bits per heavy atom. The normalized spacial score (nSPS) is 10.8. The van der Waals surface area contributed by atoms with Crippen LogP contribution in [0.5, 0.6) is 11.5 Å². The van der Waals surface area contributed by atoms with Crippen molar-refractivity contribution < 1.29 is 14.3 Å². The second kappa shape index (κ2) is 5.56. The van der Waals surface area contributed by atoms with Gasteiger partial charge in [0.15, 0.2) is 0 Å². The maximum absolute atomic E-state index is 11.4. The van der Waals surface area contributed by atoms with Crippen LogP contribution in [0.25, 0.3) is 11.0 Å². The Labute approximate surface area is 127 Å². The van der Waals surface area contributed by atoms with E-state index in [1.54, 1.807) is 19.1 Å². The molecular weight excluding hydrogens is 280 g/mol. The van der Waals surface area contributed by atoms with E-state index < -0.39 is 5.63 Å². The summed E-state index contributed by atoms with van der Waals surface area (Å²) in [6, 6.07) is 12.5. The van der Waals surface area contributed by atoms with Crippen LogP contribution in [0.3, 0.4) is 0 Å². The molecule has 2 aromatic carbocycles. The highest BCUT2D eigenvalue weighted by molar-refractivity contribution is 5.86. The van der Waals surface area contributed by atoms with Crippen LogP contribution in [0.4, 0.5) is 0 Å². The Bertz CT molecular complexity index is 893. The van der Waals surface area contributed by atoms with Gasteiger partial charge in [-0.3, -0.25) is 0 Å². The summed E-state index contributed by atoms with van der Waals surface area (Å²) < 4.78 is 11.0. The molecule has 0 aliphatic rings. The molecule has 1 N–H and O–H groups in total. The largest absolute Gasteiger partial charge is 0.507 e. The van der Waals surface area contributed by atoms with Gasteiger partial charge in [-0.15, -0.1) is 0 Å². The quantitative estimate of drug-likeness (QED) is 0.749. The van der Waals surface area contributed by atoms with Gasteiger partial charge in [0.2, 0.25) is 0 Å². The van der Waals surface area contributed by atoms with Gasteiger partial charge in [-0.05, 0) is 37.1 Å². The average Bonchev–Trinajstić information content (AvgIpc) is 2.49. The van der Waals surface area contributed by atoms with Crippen LogP contribution in [-0.4, -0.2) is 5.11 Å². The highest BCUT2D eigenvalue weighted by atomic mass is 16.5. The van der Waals surface area contributed by atoms with E-state index in [-0.39, 0.29) is 5.75 Å². The Morgan fingerprint density at radius 3 is 2.68 bits per heavy atom. The van der Waals surface area contributed by atoms with Gasteiger partial charge in [0, 0.05) is 5.56 Å². The molecule has 0 fully saturated rings. The zero-order chi connectivity index (χ0) is 15.7. The molecule has 4 heteroatoms. The van der Waals surface area contributed by atoms with Crippen molar-refractivity contribution in [1.29, 1.82) is 0 Å². The Balaban J connectivity index is 1.97. The van der Waals surface area contributed by atoms with Crippen LogP contribution >= 0.6 is 0 Å². The zero-order valence-corrected chi connectivity index (χ0v) is 12.4. The lowest BCUT2D eigenvalue weighted by atomic mass is 10.1. The molecule has 0 atom stereocenters. The second-order valence-electron chi connectivity index (χ2n) is 5.23. The first kappa shape index (κ1) is 14.2. The van der Waals surface area contributed by atoms with Gasteiger partial charge < -0.3 is 14.3 Å². The van der Waals surface area contributed by atoms with E-state index in [4.69, 9.17) is 9.15 Å². The summed E-state index contributed by atoms with van der Waals surface area (Å²) >= 11 is 0. The van der Waals surface area contributed by atoms with Gasteiger partial charge in [-0.2, -0.15) is 0 Å². The molecule has 1 heterocycles. The van der Waals surface area contributed by atoms with E-state index in [1.165, 1.54) is 0 Å². The SMILES string of the molecule is Cc1ccccc1COc1ccc2c(O)cc(=O)oc2c1C. The minimum Gasteiger partial charge on any atom is -0.507 e. The maximum atomic E-state index is 11.4. The molecule has 0 bridgehead atoms. The molecule has 0 unspecified atom stereocenters. The third kappa shape index (κ3) is 2.55. The number of hydrogen-bond acceptors (Lipinski definition) is 4. The van der Waals surface area contributed by atoms with Gasteiger partial charge >= 0.3 is 5.63 Å². The molecular formula is C18H16O4. The monoisotopic (exact) mass is 296 g/mol. The molecule has 112 valence electrons. The Hall–Kier alpha value is -2.75. The first-order valence-electron chi connectivity index (χ1n) is 7.00. The fourth-order valence-corrected chi connectivity index (χ4v) is 2.41. The molecule has 0 aliphatic carbocycles. The fraction of sp³-hybridized carbons (Fsp3) is 0.167. The van der Waals surface area contributed by atoms with Crippen molar-refractivity contribution in [3.8, 4) is 11.5 Å². The number of aromatic hydroxyl groups is 1. The first-order chi connectivity index (χ1) is 10.6. The van der Waals surface area contributed by atoms with Crippen LogP contribution in [-0.2, 0) is 6.61 Å². The minimum absolute atomic E-state index is 0.0835. The molecule has 0 spiro atoms. The molecule has 0 saturated heterocycles. The third-order valence-corrected chi connectivity index (χ3v) is 3.73. The molecule has 4 nitrogen and oxygen atoms in total. The van der Waals surface area contributed by atoms with E-state index in [0.717, 1.165) is 17.2 Å². The summed E-state index contributed by atoms with van der Waals surface area (Å²) in [6.45, 7) is 4.27. The highest BCUT2D eigenvalue weighted by Gasteiger charge is 2.11. The lowest BCUT2D eigenvalue weighted by Crippen LogP contribution is -2.01. The molecule has 1 aromatic heterocycles. The maximum Gasteiger partial charge on any atom is 0.339 e. The number of hydrogen-bond donors (Lipinski definition) is 1. The summed E-state index contributed by atoms with van der Waals surface area (Å²) in [6.07, 6.45) is 0. The van der Waals surface area contributed by atoms with E-state index >= 15 is 0 Å². The third-order valence-electron chi connectivity index (χ3n) is 3.73. The number of ether oxygens (including phenoxy) is 1. The molecule has 0 saturated carbocycles. The van der Waals surface area contributed by atoms with Gasteiger partial charge in [-0.25, -0.2) is 4.79 Å². The van der Waals surface area contributed by atoms with Crippen molar-refractivity contribution in [3.63, 3.8) is 0 Å². The number of fused-ring (bicyclic) bond motifs is 1. The Morgan fingerprint density at radius 1 is 1.14 bits per heavy atom. The predicted molar refractivity (Wildman–Crippen MR) is 84.4 cm³/mol. The van der Waals surface area contributed by atoms with Crippen LogP contribution in [0.2, 0.25) is 0 Å². The van der Waals surface area contributed by atoms with E-state index in [9.17, 15) is 9.90 Å². The number of rotatable bonds is 3. The standard InChI is InChI=1S/C18H16O4/c1-11-5-3-4-6-13(11)10-21-16-8-7-14-15(19)9-17(20)22-18(14)12(16)2/h3-9,19H,10H2,1-2H3. The minimum atomic E-state index is -0.579. The molecule has 0 amide bonds. The summed E-state index contributed by atoms with van der Waals surface area (Å²) in [5.74, 6) is 0.546. The van der Waals surface area contributed by atoms with Crippen molar-refractivity contribution in [2.75, 3.05) is 0 Å². The van der Waals surface area contributed by atoms with Crippen LogP contribution in [0, 0.1) is 13.8 Å². The summed E-state index contributed by atoms with van der Waals surface area (Å²) in [7, 11) is 0. The van der Waals surface area contributed by atoms with E-state index in [0.29, 0.717) is 28.9 Å². The Kier molecular flexibility index (Phi) is 3.59. The lowest BCUT2D eigenvalue weighted by Gasteiger charge is -2.12. The van der Waals surface area contributed by atoms with Gasteiger partial charge in [-0.1, -0.05) is 24.3 Å². The molecule has 3 aromatic rings. The summed E-state index contributed by atoms with van der Waals surface area (Å²) in [5.41, 5.74) is 2.72. The second-order valence-corrected chi connectivity index (χ2v) is 5.23. The van der Waals surface area contributed by atoms with Crippen LogP contribution < -0.4 is 10.4 Å². The van der Waals surface area contributed by atoms with Crippen molar-refractivity contribution in [2.24, 2.45) is 0 Å². The number of aryl methyl sites for hydroxylation is 2. The van der Waals surface area contributed by atoms with Crippen molar-refractivity contribution in [2.45, 2.75) is 20.5 Å². The smallest absolute Gasteiger partial charge is 0.339 e. The van der Waals surface area contributed by atoms with Crippen molar-refractivity contribution in [3.05, 3.63) is 69.6 Å². The fourth-order valence-electron chi connectivity index (χ4n) is 2.41. The summed E-state index contributed by atoms with van der Waals surface area (Å²) in [4.78, 5) is 11.4. The lowest BCUT2D eigenvalue weighted by molar-refractivity contribution is 0.303. The topological polar surface area (TPSA) is 59.7 Å². The van der Waals surface area contributed by atoms with Gasteiger partial charge in [0.1, 0.15) is 23.7 Å².